The zero-order valence-corrected chi connectivity index (χ0v) is 17.8. The normalized spacial score (nSPS) is 18.0. The lowest BCUT2D eigenvalue weighted by Gasteiger charge is -2.23. The van der Waals surface area contributed by atoms with Gasteiger partial charge in [0, 0.05) is 0 Å². The fourth-order valence-corrected chi connectivity index (χ4v) is 4.90. The average Bonchev–Trinajstić information content (AvgIpc) is 3.43. The number of urea groups is 1. The lowest BCUT2D eigenvalue weighted by atomic mass is 10.1. The van der Waals surface area contributed by atoms with Crippen molar-refractivity contribution in [2.45, 2.75) is 37.9 Å². The molecule has 164 valence electrons. The van der Waals surface area contributed by atoms with Gasteiger partial charge in [-0.1, -0.05) is 41.7 Å². The van der Waals surface area contributed by atoms with E-state index in [0.717, 1.165) is 23.0 Å². The number of aromatic nitrogens is 2. The highest BCUT2D eigenvalue weighted by atomic mass is 32.1. The molecule has 1 aliphatic carbocycles. The zero-order chi connectivity index (χ0) is 22.6. The van der Waals surface area contributed by atoms with Gasteiger partial charge in [0.1, 0.15) is 10.5 Å². The smallest absolute Gasteiger partial charge is 0.328 e. The first kappa shape index (κ1) is 20.5. The topological polar surface area (TPSA) is 86.6 Å². The van der Waals surface area contributed by atoms with Crippen molar-refractivity contribution in [1.82, 2.24) is 20.0 Å². The molecule has 0 radical (unpaired) electrons. The van der Waals surface area contributed by atoms with Crippen molar-refractivity contribution in [3.8, 4) is 16.3 Å². The molecule has 3 amide bonds. The van der Waals surface area contributed by atoms with E-state index in [1.807, 2.05) is 37.3 Å². The number of benzene rings is 2. The third-order valence-corrected chi connectivity index (χ3v) is 6.96. The first-order valence-corrected chi connectivity index (χ1v) is 10.8. The van der Waals surface area contributed by atoms with Crippen molar-refractivity contribution in [1.29, 1.82) is 0 Å². The van der Waals surface area contributed by atoms with Crippen LogP contribution in [0.2, 0.25) is 0 Å². The predicted octanol–water partition coefficient (Wildman–Crippen LogP) is 4.25. The summed E-state index contributed by atoms with van der Waals surface area (Å²) in [6.07, 6.45) is 1.14. The van der Waals surface area contributed by atoms with Crippen LogP contribution in [0.25, 0.3) is 10.6 Å². The van der Waals surface area contributed by atoms with Crippen molar-refractivity contribution in [3.63, 3.8) is 0 Å². The number of carbonyl (C=O) groups excluding carboxylic acids is 2. The quantitative estimate of drug-likeness (QED) is 0.580. The van der Waals surface area contributed by atoms with Gasteiger partial charge >= 0.3 is 6.03 Å². The number of imide groups is 1. The number of aromatic hydroxyl groups is 1. The first-order chi connectivity index (χ1) is 15.3. The summed E-state index contributed by atoms with van der Waals surface area (Å²) >= 11 is 1.02. The van der Waals surface area contributed by atoms with Crippen LogP contribution in [0, 0.1) is 11.6 Å². The molecule has 3 aromatic rings. The molecule has 32 heavy (non-hydrogen) atoms. The number of phenolic OH excluding ortho intramolecular Hbond substituents is 1. The van der Waals surface area contributed by atoms with E-state index in [-0.39, 0.29) is 23.0 Å². The molecule has 0 unspecified atom stereocenters. The molecular formula is C22H18F2N4O3S. The van der Waals surface area contributed by atoms with E-state index in [2.05, 4.69) is 10.2 Å². The van der Waals surface area contributed by atoms with E-state index in [0.29, 0.717) is 17.8 Å². The maximum atomic E-state index is 14.2. The highest BCUT2D eigenvalue weighted by Crippen LogP contribution is 2.50. The van der Waals surface area contributed by atoms with E-state index < -0.39 is 35.0 Å². The number of phenols is 1. The number of halogens is 2. The second-order valence-electron chi connectivity index (χ2n) is 7.92. The highest BCUT2D eigenvalue weighted by Gasteiger charge is 2.65. The second kappa shape index (κ2) is 7.33. The Kier molecular flexibility index (Phi) is 4.70. The van der Waals surface area contributed by atoms with E-state index in [4.69, 9.17) is 0 Å². The molecular weight excluding hydrogens is 438 g/mol. The third kappa shape index (κ3) is 3.05. The molecule has 0 bridgehead atoms. The van der Waals surface area contributed by atoms with Gasteiger partial charge < -0.3 is 10.0 Å². The summed E-state index contributed by atoms with van der Waals surface area (Å²) in [7, 11) is 0. The highest BCUT2D eigenvalue weighted by molar-refractivity contribution is 7.14. The van der Waals surface area contributed by atoms with Crippen molar-refractivity contribution in [2.75, 3.05) is 0 Å². The summed E-state index contributed by atoms with van der Waals surface area (Å²) in [5.74, 6) is -3.50. The van der Waals surface area contributed by atoms with Gasteiger partial charge in [0.2, 0.25) is 0 Å². The van der Waals surface area contributed by atoms with E-state index in [1.54, 1.807) is 0 Å². The fraction of sp³-hybridized carbons (Fsp3) is 0.273. The van der Waals surface area contributed by atoms with Crippen molar-refractivity contribution in [3.05, 3.63) is 64.7 Å². The Balaban J connectivity index is 1.41. The van der Waals surface area contributed by atoms with Gasteiger partial charge in [-0.25, -0.2) is 13.6 Å². The number of amides is 3. The number of carbonyl (C=O) groups is 2. The number of nitrogens with zero attached hydrogens (tertiary/aromatic N) is 4. The van der Waals surface area contributed by atoms with Gasteiger partial charge in [0.05, 0.1) is 18.2 Å². The van der Waals surface area contributed by atoms with Gasteiger partial charge in [-0.05, 0) is 37.5 Å². The fourth-order valence-electron chi connectivity index (χ4n) is 4.05. The predicted molar refractivity (Wildman–Crippen MR) is 112 cm³/mol. The van der Waals surface area contributed by atoms with Crippen LogP contribution in [-0.2, 0) is 11.3 Å². The van der Waals surface area contributed by atoms with Crippen LogP contribution >= 0.6 is 11.3 Å². The monoisotopic (exact) mass is 456 g/mol. The van der Waals surface area contributed by atoms with Crippen LogP contribution in [0.15, 0.2) is 42.5 Å². The SMILES string of the molecule is C[C@@H](c1ccccc1)N1C(=O)N(Cc2nnc(-c3ccc(F)c(O)c3F)s2)C2(CC2)C1=O. The Morgan fingerprint density at radius 3 is 2.53 bits per heavy atom. The van der Waals surface area contributed by atoms with Gasteiger partial charge in [0.15, 0.2) is 22.4 Å². The number of rotatable bonds is 5. The first-order valence-electron chi connectivity index (χ1n) is 10.0. The summed E-state index contributed by atoms with van der Waals surface area (Å²) in [5.41, 5.74) is -0.0979. The standard InChI is InChI=1S/C22H18F2N4O3S/c1-12(13-5-3-2-4-6-13)28-20(30)22(9-10-22)27(21(28)31)11-16-25-26-19(32-16)14-7-8-15(23)18(29)17(14)24/h2-8,12,29H,9-11H2,1H3/t12-/m0/s1. The minimum absolute atomic E-state index is 0.0506. The van der Waals surface area contributed by atoms with Crippen LogP contribution in [0.3, 0.4) is 0 Å². The third-order valence-electron chi connectivity index (χ3n) is 6.02. The minimum atomic E-state index is -1.12. The van der Waals surface area contributed by atoms with Crippen LogP contribution in [0.1, 0.15) is 36.4 Å². The van der Waals surface area contributed by atoms with E-state index >= 15 is 0 Å². The molecule has 1 aromatic heterocycles. The molecule has 5 rings (SSSR count). The van der Waals surface area contributed by atoms with Gasteiger partial charge in [-0.2, -0.15) is 0 Å². The molecule has 2 fully saturated rings. The van der Waals surface area contributed by atoms with Crippen LogP contribution < -0.4 is 0 Å². The van der Waals surface area contributed by atoms with Crippen LogP contribution in [-0.4, -0.2) is 42.6 Å². The Bertz CT molecular complexity index is 1230. The molecule has 2 heterocycles. The summed E-state index contributed by atoms with van der Waals surface area (Å²) < 4.78 is 27.6. The Morgan fingerprint density at radius 1 is 1.12 bits per heavy atom. The zero-order valence-electron chi connectivity index (χ0n) is 17.0. The largest absolute Gasteiger partial charge is 0.503 e. The Labute approximate surface area is 185 Å². The molecule has 1 atom stereocenters. The molecule has 1 saturated heterocycles. The minimum Gasteiger partial charge on any atom is -0.503 e. The Hall–Kier alpha value is -3.40. The van der Waals surface area contributed by atoms with Gasteiger partial charge in [-0.15, -0.1) is 10.2 Å². The molecule has 7 nitrogen and oxygen atoms in total. The maximum Gasteiger partial charge on any atom is 0.328 e. The molecule has 1 spiro atoms. The molecule has 2 aromatic carbocycles. The molecule has 2 aliphatic rings. The Morgan fingerprint density at radius 2 is 1.84 bits per heavy atom. The summed E-state index contributed by atoms with van der Waals surface area (Å²) in [4.78, 5) is 29.2. The molecule has 1 aliphatic heterocycles. The summed E-state index contributed by atoms with van der Waals surface area (Å²) in [5, 5.41) is 18.0. The molecule has 1 N–H and O–H groups in total. The van der Waals surface area contributed by atoms with Crippen molar-refractivity contribution >= 4 is 23.3 Å². The maximum absolute atomic E-state index is 14.2. The van der Waals surface area contributed by atoms with Gasteiger partial charge in [0.25, 0.3) is 5.91 Å². The van der Waals surface area contributed by atoms with E-state index in [1.165, 1.54) is 15.9 Å². The van der Waals surface area contributed by atoms with Crippen LogP contribution in [0.4, 0.5) is 13.6 Å². The van der Waals surface area contributed by atoms with E-state index in [9.17, 15) is 23.5 Å². The summed E-state index contributed by atoms with van der Waals surface area (Å²) in [6, 6.07) is 10.6. The number of hydrogen-bond acceptors (Lipinski definition) is 6. The second-order valence-corrected chi connectivity index (χ2v) is 8.98. The lowest BCUT2D eigenvalue weighted by molar-refractivity contribution is -0.130. The van der Waals surface area contributed by atoms with Crippen molar-refractivity contribution in [2.24, 2.45) is 0 Å². The van der Waals surface area contributed by atoms with Crippen LogP contribution in [0.5, 0.6) is 5.75 Å². The molecule has 10 heteroatoms. The number of hydrogen-bond donors (Lipinski definition) is 1. The lowest BCUT2D eigenvalue weighted by Crippen LogP contribution is -2.36. The summed E-state index contributed by atoms with van der Waals surface area (Å²) in [6.45, 7) is 1.87. The van der Waals surface area contributed by atoms with Crippen molar-refractivity contribution < 1.29 is 23.5 Å². The molecule has 1 saturated carbocycles. The van der Waals surface area contributed by atoms with Gasteiger partial charge in [-0.3, -0.25) is 9.69 Å². The average molecular weight is 456 g/mol.